The summed E-state index contributed by atoms with van der Waals surface area (Å²) in [6.45, 7) is -0.125. The van der Waals surface area contributed by atoms with Crippen LogP contribution in [-0.2, 0) is 48.2 Å². The average molecular weight is 739 g/mol. The predicted molar refractivity (Wildman–Crippen MR) is 197 cm³/mol. The van der Waals surface area contributed by atoms with Crippen molar-refractivity contribution in [1.29, 1.82) is 0 Å². The predicted octanol–water partition coefficient (Wildman–Crippen LogP) is 8.80. The van der Waals surface area contributed by atoms with Crippen LogP contribution in [0.2, 0.25) is 0 Å². The van der Waals surface area contributed by atoms with Crippen molar-refractivity contribution in [3.05, 3.63) is 107 Å². The zero-order chi connectivity index (χ0) is 37.5. The van der Waals surface area contributed by atoms with Gasteiger partial charge < -0.3 is 24.1 Å². The molecular weight excluding hydrogens is 691 g/mol. The maximum atomic E-state index is 14.7. The zero-order valence-electron chi connectivity index (χ0n) is 30.5. The van der Waals surface area contributed by atoms with Gasteiger partial charge in [-0.3, -0.25) is 4.18 Å². The topological polar surface area (TPSA) is 101 Å². The number of benzene rings is 4. The fourth-order valence-electron chi connectivity index (χ4n) is 7.50. The highest BCUT2D eigenvalue weighted by Crippen LogP contribution is 2.48. The summed E-state index contributed by atoms with van der Waals surface area (Å²) < 4.78 is 79.2. The van der Waals surface area contributed by atoms with Crippen LogP contribution in [0.1, 0.15) is 73.6 Å². The molecule has 0 saturated heterocycles. The molecule has 8 nitrogen and oxygen atoms in total. The highest BCUT2D eigenvalue weighted by atomic mass is 32.2. The molecule has 0 unspecified atom stereocenters. The first-order chi connectivity index (χ1) is 24.9. The van der Waals surface area contributed by atoms with E-state index in [4.69, 9.17) is 23.1 Å². The molecule has 4 aromatic rings. The Balaban J connectivity index is 0.000000203. The second kappa shape index (κ2) is 16.9. The number of aliphatic hydroxyl groups excluding tert-OH is 1. The third-order valence-electron chi connectivity index (χ3n) is 10.3. The number of hydrogen-bond acceptors (Lipinski definition) is 8. The standard InChI is InChI=1S/C21H25FO5S.C20H23FO3/c1-25-16-7-9-20(22)18(13-16)17-8-6-15(14-27-28(3,23)24)12-19(17)21(26-2)10-4-5-11-21;1-23-15-6-8-19(21)17(12-15)16-7-5-14(13-22)11-18(16)20(24-2)9-3-4-10-20/h6-9,12-13H,4-5,10-11,14H2,1-3H3;5-8,11-12,22H,3-4,9-10,13H2,1-2H3. The molecule has 4 aromatic carbocycles. The fraction of sp³-hybridized carbons (Fsp3) is 0.415. The Bertz CT molecular complexity index is 1950. The Kier molecular flexibility index (Phi) is 12.8. The average Bonchev–Trinajstić information content (AvgIpc) is 3.86. The van der Waals surface area contributed by atoms with Crippen molar-refractivity contribution in [2.45, 2.75) is 75.8 Å². The van der Waals surface area contributed by atoms with Crippen molar-refractivity contribution in [3.8, 4) is 33.8 Å². The summed E-state index contributed by atoms with van der Waals surface area (Å²) in [5.74, 6) is 0.524. The number of methoxy groups -OCH3 is 4. The van der Waals surface area contributed by atoms with Crippen LogP contribution in [-0.4, -0.2) is 48.2 Å². The smallest absolute Gasteiger partial charge is 0.264 e. The zero-order valence-corrected chi connectivity index (χ0v) is 31.3. The molecule has 2 aliphatic rings. The van der Waals surface area contributed by atoms with Crippen molar-refractivity contribution in [2.75, 3.05) is 34.7 Å². The maximum absolute atomic E-state index is 14.7. The highest BCUT2D eigenvalue weighted by Gasteiger charge is 2.39. The van der Waals surface area contributed by atoms with Crippen LogP contribution in [0.15, 0.2) is 72.8 Å². The summed E-state index contributed by atoms with van der Waals surface area (Å²) >= 11 is 0. The van der Waals surface area contributed by atoms with Crippen molar-refractivity contribution < 1.29 is 45.4 Å². The number of rotatable bonds is 12. The van der Waals surface area contributed by atoms with Gasteiger partial charge >= 0.3 is 0 Å². The van der Waals surface area contributed by atoms with E-state index in [1.165, 1.54) is 19.2 Å². The molecule has 0 spiro atoms. The van der Waals surface area contributed by atoms with E-state index < -0.39 is 21.3 Å². The number of hydrogen-bond donors (Lipinski definition) is 1. The molecule has 2 fully saturated rings. The molecule has 2 aliphatic carbocycles. The first-order valence-electron chi connectivity index (χ1n) is 17.4. The lowest BCUT2D eigenvalue weighted by Crippen LogP contribution is -2.25. The molecule has 52 heavy (non-hydrogen) atoms. The molecule has 0 atom stereocenters. The van der Waals surface area contributed by atoms with Crippen LogP contribution in [0.4, 0.5) is 8.78 Å². The summed E-state index contributed by atoms with van der Waals surface area (Å²) in [5.41, 5.74) is 4.76. The third kappa shape index (κ3) is 8.66. The lowest BCUT2D eigenvalue weighted by molar-refractivity contribution is -0.00847. The van der Waals surface area contributed by atoms with E-state index in [1.807, 2.05) is 24.3 Å². The monoisotopic (exact) mass is 738 g/mol. The van der Waals surface area contributed by atoms with Crippen molar-refractivity contribution >= 4 is 10.1 Å². The van der Waals surface area contributed by atoms with Crippen molar-refractivity contribution in [2.24, 2.45) is 0 Å². The van der Waals surface area contributed by atoms with Gasteiger partial charge in [0.2, 0.25) is 0 Å². The van der Waals surface area contributed by atoms with Crippen LogP contribution < -0.4 is 9.47 Å². The van der Waals surface area contributed by atoms with Gasteiger partial charge in [0.15, 0.2) is 0 Å². The van der Waals surface area contributed by atoms with Gasteiger partial charge in [-0.05, 0) is 108 Å². The van der Waals surface area contributed by atoms with Gasteiger partial charge in [0.25, 0.3) is 10.1 Å². The molecule has 0 radical (unpaired) electrons. The second-order valence-corrected chi connectivity index (χ2v) is 15.0. The summed E-state index contributed by atoms with van der Waals surface area (Å²) in [6.07, 6.45) is 8.64. The minimum Gasteiger partial charge on any atom is -0.497 e. The van der Waals surface area contributed by atoms with Gasteiger partial charge in [0, 0.05) is 25.3 Å². The molecule has 0 aliphatic heterocycles. The van der Waals surface area contributed by atoms with Crippen LogP contribution in [0.5, 0.6) is 11.5 Å². The lowest BCUT2D eigenvalue weighted by Gasteiger charge is -2.31. The van der Waals surface area contributed by atoms with Crippen LogP contribution in [0, 0.1) is 11.6 Å². The Labute approximate surface area is 305 Å². The Hall–Kier alpha value is -3.87. The molecule has 1 N–H and O–H groups in total. The first-order valence-corrected chi connectivity index (χ1v) is 19.2. The summed E-state index contributed by atoms with van der Waals surface area (Å²) in [5, 5.41) is 9.52. The largest absolute Gasteiger partial charge is 0.497 e. The van der Waals surface area contributed by atoms with Gasteiger partial charge in [-0.2, -0.15) is 8.42 Å². The van der Waals surface area contributed by atoms with Crippen LogP contribution >= 0.6 is 0 Å². The van der Waals surface area contributed by atoms with E-state index >= 15 is 0 Å². The van der Waals surface area contributed by atoms with E-state index in [2.05, 4.69) is 0 Å². The first kappa shape index (κ1) is 39.3. The van der Waals surface area contributed by atoms with Gasteiger partial charge in [-0.1, -0.05) is 49.9 Å². The van der Waals surface area contributed by atoms with E-state index in [-0.39, 0.29) is 24.8 Å². The second-order valence-electron chi connectivity index (χ2n) is 13.4. The summed E-state index contributed by atoms with van der Waals surface area (Å²) in [4.78, 5) is 0. The molecular formula is C41H48F2O8S. The molecule has 280 valence electrons. The minimum atomic E-state index is -3.56. The van der Waals surface area contributed by atoms with Gasteiger partial charge in [-0.25, -0.2) is 8.78 Å². The number of aliphatic hydroxyl groups is 1. The number of ether oxygens (including phenoxy) is 4. The van der Waals surface area contributed by atoms with Gasteiger partial charge in [-0.15, -0.1) is 0 Å². The van der Waals surface area contributed by atoms with Crippen LogP contribution in [0.3, 0.4) is 0 Å². The maximum Gasteiger partial charge on any atom is 0.264 e. The van der Waals surface area contributed by atoms with Gasteiger partial charge in [0.05, 0.1) is 44.9 Å². The van der Waals surface area contributed by atoms with Crippen molar-refractivity contribution in [3.63, 3.8) is 0 Å². The van der Waals surface area contributed by atoms with E-state index in [0.29, 0.717) is 33.8 Å². The molecule has 0 aromatic heterocycles. The lowest BCUT2D eigenvalue weighted by atomic mass is 9.84. The highest BCUT2D eigenvalue weighted by molar-refractivity contribution is 7.85. The Morgan fingerprint density at radius 3 is 1.42 bits per heavy atom. The molecule has 0 bridgehead atoms. The minimum absolute atomic E-state index is 0.0479. The number of halogens is 2. The van der Waals surface area contributed by atoms with Gasteiger partial charge in [0.1, 0.15) is 23.1 Å². The SMILES string of the molecule is COc1ccc(F)c(-c2ccc(CO)cc2C2(OC)CCCC2)c1.COc1ccc(F)c(-c2ccc(COS(C)(=O)=O)cc2C2(OC)CCCC2)c1. The summed E-state index contributed by atoms with van der Waals surface area (Å²) in [7, 11) is 2.92. The fourth-order valence-corrected chi connectivity index (χ4v) is 7.85. The molecule has 2 saturated carbocycles. The van der Waals surface area contributed by atoms with E-state index in [1.54, 1.807) is 57.7 Å². The molecule has 6 rings (SSSR count). The Morgan fingerprint density at radius 1 is 0.615 bits per heavy atom. The van der Waals surface area contributed by atoms with E-state index in [9.17, 15) is 22.3 Å². The van der Waals surface area contributed by atoms with E-state index in [0.717, 1.165) is 79.9 Å². The quantitative estimate of drug-likeness (QED) is 0.144. The molecule has 11 heteroatoms. The Morgan fingerprint density at radius 2 is 1.04 bits per heavy atom. The van der Waals surface area contributed by atoms with Crippen molar-refractivity contribution in [1.82, 2.24) is 0 Å². The normalized spacial score (nSPS) is 16.3. The van der Waals surface area contributed by atoms with Crippen LogP contribution in [0.25, 0.3) is 22.3 Å². The third-order valence-corrected chi connectivity index (χ3v) is 10.8. The summed E-state index contributed by atoms with van der Waals surface area (Å²) in [6, 6.07) is 20.4. The molecule has 0 amide bonds. The molecule has 0 heterocycles.